The molecule has 0 aromatic carbocycles. The first kappa shape index (κ1) is 27.4. The van der Waals surface area contributed by atoms with Gasteiger partial charge in [-0.2, -0.15) is 52.7 Å². The van der Waals surface area contributed by atoms with E-state index in [-0.39, 0.29) is 13.8 Å². The average molecular weight is 456 g/mol. The fourth-order valence-corrected chi connectivity index (χ4v) is 2.72. The van der Waals surface area contributed by atoms with Crippen LogP contribution >= 0.6 is 0 Å². The predicted molar refractivity (Wildman–Crippen MR) is 74.6 cm³/mol. The third-order valence-corrected chi connectivity index (χ3v) is 3.84. The zero-order valence-electron chi connectivity index (χ0n) is 14.8. The van der Waals surface area contributed by atoms with Gasteiger partial charge in [0.05, 0.1) is 25.7 Å². The normalized spacial score (nSPS) is 15.6. The van der Waals surface area contributed by atoms with Crippen molar-refractivity contribution >= 4 is 5.78 Å². The molecule has 0 spiro atoms. The Morgan fingerprint density at radius 2 is 0.862 bits per heavy atom. The summed E-state index contributed by atoms with van der Waals surface area (Å²) in [5, 5.41) is 9.70. The van der Waals surface area contributed by atoms with Gasteiger partial charge in [-0.3, -0.25) is 4.79 Å². The molecule has 1 N–H and O–H groups in total. The van der Waals surface area contributed by atoms with E-state index < -0.39 is 78.8 Å². The number of ketones is 1. The minimum atomic E-state index is -5.32. The van der Waals surface area contributed by atoms with Gasteiger partial charge in [0.2, 0.25) is 0 Å². The highest BCUT2D eigenvalue weighted by molar-refractivity contribution is 5.95. The first-order valence-corrected chi connectivity index (χ1v) is 7.60. The predicted octanol–water partition coefficient (Wildman–Crippen LogP) is 6.82. The molecule has 0 radical (unpaired) electrons. The molecule has 29 heavy (non-hydrogen) atoms. The molecule has 0 aliphatic heterocycles. The van der Waals surface area contributed by atoms with Gasteiger partial charge < -0.3 is 5.11 Å². The maximum absolute atomic E-state index is 12.6. The third-order valence-electron chi connectivity index (χ3n) is 3.84. The van der Waals surface area contributed by atoms with Gasteiger partial charge in [-0.25, -0.2) is 0 Å². The molecule has 0 aliphatic carbocycles. The SMILES string of the molecule is CC(CC(F)(F)F)(CC(F)(F)F)C(=O)/C=C(\O)C(C)(CC(F)(F)F)CC(F)(F)F. The van der Waals surface area contributed by atoms with E-state index >= 15 is 0 Å². The van der Waals surface area contributed by atoms with E-state index in [1.54, 1.807) is 0 Å². The van der Waals surface area contributed by atoms with Gasteiger partial charge in [-0.1, -0.05) is 13.8 Å². The van der Waals surface area contributed by atoms with Crippen LogP contribution in [-0.2, 0) is 4.79 Å². The summed E-state index contributed by atoms with van der Waals surface area (Å²) in [4.78, 5) is 12.0. The van der Waals surface area contributed by atoms with E-state index in [9.17, 15) is 62.6 Å². The van der Waals surface area contributed by atoms with Gasteiger partial charge in [-0.15, -0.1) is 0 Å². The van der Waals surface area contributed by atoms with Crippen LogP contribution in [0.25, 0.3) is 0 Å². The maximum atomic E-state index is 12.6. The molecule has 0 saturated heterocycles. The third kappa shape index (κ3) is 10.6. The fourth-order valence-electron chi connectivity index (χ4n) is 2.72. The van der Waals surface area contributed by atoms with Crippen molar-refractivity contribution in [1.29, 1.82) is 0 Å². The number of carbonyl (C=O) groups is 1. The minimum Gasteiger partial charge on any atom is -0.512 e. The highest BCUT2D eigenvalue weighted by Gasteiger charge is 2.52. The van der Waals surface area contributed by atoms with E-state index in [2.05, 4.69) is 0 Å². The molecule has 0 aromatic heterocycles. The summed E-state index contributed by atoms with van der Waals surface area (Å²) in [6.45, 7) is 0.433. The van der Waals surface area contributed by atoms with Crippen LogP contribution in [0.15, 0.2) is 11.8 Å². The van der Waals surface area contributed by atoms with Crippen molar-refractivity contribution in [2.24, 2.45) is 10.8 Å². The summed E-state index contributed by atoms with van der Waals surface area (Å²) >= 11 is 0. The largest absolute Gasteiger partial charge is 0.512 e. The van der Waals surface area contributed by atoms with Crippen LogP contribution in [0.1, 0.15) is 39.5 Å². The topological polar surface area (TPSA) is 37.3 Å². The van der Waals surface area contributed by atoms with Gasteiger partial charge in [0.1, 0.15) is 5.76 Å². The summed E-state index contributed by atoms with van der Waals surface area (Å²) in [5.41, 5.74) is -6.54. The molecule has 0 heterocycles. The second kappa shape index (κ2) is 8.25. The lowest BCUT2D eigenvalue weighted by molar-refractivity contribution is -0.193. The molecule has 0 fully saturated rings. The van der Waals surface area contributed by atoms with Crippen molar-refractivity contribution in [3.8, 4) is 0 Å². The van der Waals surface area contributed by atoms with Crippen LogP contribution in [0.4, 0.5) is 52.7 Å². The van der Waals surface area contributed by atoms with Crippen molar-refractivity contribution in [3.05, 3.63) is 11.8 Å². The number of aliphatic hydroxyl groups is 1. The smallest absolute Gasteiger partial charge is 0.390 e. The second-order valence-corrected chi connectivity index (χ2v) is 7.18. The molecule has 0 rings (SSSR count). The number of rotatable bonds is 7. The molecule has 0 aromatic rings. The second-order valence-electron chi connectivity index (χ2n) is 7.18. The van der Waals surface area contributed by atoms with Crippen LogP contribution in [0.5, 0.6) is 0 Å². The number of alkyl halides is 12. The lowest BCUT2D eigenvalue weighted by atomic mass is 9.75. The Balaban J connectivity index is 6.18. The summed E-state index contributed by atoms with van der Waals surface area (Å²) in [7, 11) is 0. The Bertz CT molecular complexity index is 575. The highest BCUT2D eigenvalue weighted by Crippen LogP contribution is 2.47. The standard InChI is InChI=1S/C15H16F12O2/c1-10(4-12(16,17)18,5-13(19,20)21)8(28)3-9(29)11(2,6-14(22,23)24)7-15(25,26)27/h3,28H,4-7H2,1-2H3/b8-3-. The van der Waals surface area contributed by atoms with Crippen LogP contribution in [0.2, 0.25) is 0 Å². The fraction of sp³-hybridized carbons (Fsp3) is 0.800. The van der Waals surface area contributed by atoms with Crippen LogP contribution < -0.4 is 0 Å². The van der Waals surface area contributed by atoms with Crippen molar-refractivity contribution < 1.29 is 62.6 Å². The zero-order chi connectivity index (χ0) is 23.7. The van der Waals surface area contributed by atoms with Crippen LogP contribution in [0.3, 0.4) is 0 Å². The van der Waals surface area contributed by atoms with Gasteiger partial charge in [0, 0.05) is 16.9 Å². The summed E-state index contributed by atoms with van der Waals surface area (Å²) in [5.74, 6) is -4.03. The maximum Gasteiger partial charge on any atom is 0.390 e. The zero-order valence-corrected chi connectivity index (χ0v) is 14.8. The first-order valence-electron chi connectivity index (χ1n) is 7.60. The van der Waals surface area contributed by atoms with Gasteiger partial charge in [0.15, 0.2) is 5.78 Å². The van der Waals surface area contributed by atoms with Crippen LogP contribution in [0, 0.1) is 10.8 Å². The molecule has 0 saturated carbocycles. The summed E-state index contributed by atoms with van der Waals surface area (Å²) in [6, 6.07) is 0. The van der Waals surface area contributed by atoms with Crippen molar-refractivity contribution in [1.82, 2.24) is 0 Å². The molecular weight excluding hydrogens is 440 g/mol. The minimum absolute atomic E-state index is 0.199. The Labute approximate surface area is 156 Å². The molecular formula is C15H16F12O2. The number of halogens is 12. The number of allylic oxidation sites excluding steroid dienone is 2. The Hall–Kier alpha value is -1.63. The molecule has 172 valence electrons. The number of hydrogen-bond acceptors (Lipinski definition) is 2. The molecule has 2 nitrogen and oxygen atoms in total. The molecule has 0 aliphatic rings. The van der Waals surface area contributed by atoms with Crippen molar-refractivity contribution in [2.45, 2.75) is 64.2 Å². The number of aliphatic hydroxyl groups excluding tert-OH is 1. The molecule has 0 atom stereocenters. The lowest BCUT2D eigenvalue weighted by Crippen LogP contribution is -2.38. The van der Waals surface area contributed by atoms with E-state index in [1.165, 1.54) is 0 Å². The first-order chi connectivity index (χ1) is 12.4. The van der Waals surface area contributed by atoms with Crippen molar-refractivity contribution in [3.63, 3.8) is 0 Å². The van der Waals surface area contributed by atoms with E-state index in [4.69, 9.17) is 0 Å². The quantitative estimate of drug-likeness (QED) is 0.259. The van der Waals surface area contributed by atoms with Gasteiger partial charge >= 0.3 is 24.7 Å². The van der Waals surface area contributed by atoms with Gasteiger partial charge in [0.25, 0.3) is 0 Å². The van der Waals surface area contributed by atoms with E-state index in [1.807, 2.05) is 0 Å². The average Bonchev–Trinajstić information content (AvgIpc) is 2.28. The molecule has 0 unspecified atom stereocenters. The number of hydrogen-bond donors (Lipinski definition) is 1. The number of carbonyl (C=O) groups excluding carboxylic acids is 1. The monoisotopic (exact) mass is 456 g/mol. The lowest BCUT2D eigenvalue weighted by Gasteiger charge is -2.32. The van der Waals surface area contributed by atoms with E-state index in [0.29, 0.717) is 0 Å². The van der Waals surface area contributed by atoms with E-state index in [0.717, 1.165) is 0 Å². The Morgan fingerprint density at radius 1 is 0.621 bits per heavy atom. The Kier molecular flexibility index (Phi) is 7.78. The van der Waals surface area contributed by atoms with Crippen LogP contribution in [-0.4, -0.2) is 35.6 Å². The van der Waals surface area contributed by atoms with Crippen molar-refractivity contribution in [2.75, 3.05) is 0 Å². The molecule has 0 amide bonds. The summed E-state index contributed by atoms with van der Waals surface area (Å²) < 4.78 is 151. The highest BCUT2D eigenvalue weighted by atomic mass is 19.4. The van der Waals surface area contributed by atoms with Gasteiger partial charge in [-0.05, 0) is 0 Å². The Morgan fingerprint density at radius 3 is 1.10 bits per heavy atom. The molecule has 14 heteroatoms. The summed E-state index contributed by atoms with van der Waals surface area (Å²) in [6.07, 6.45) is -31.0. The molecule has 0 bridgehead atoms.